The smallest absolute Gasteiger partial charge is 0.446 e. The van der Waals surface area contributed by atoms with E-state index in [1.165, 1.54) is 30.3 Å². The number of aliphatic hydroxyl groups excluding tert-OH is 1. The summed E-state index contributed by atoms with van der Waals surface area (Å²) in [6.45, 7) is 2.11. The van der Waals surface area contributed by atoms with Gasteiger partial charge in [0.15, 0.2) is 0 Å². The lowest BCUT2D eigenvalue weighted by atomic mass is 10.1. The summed E-state index contributed by atoms with van der Waals surface area (Å²) in [6, 6.07) is 24.8. The van der Waals surface area contributed by atoms with E-state index in [4.69, 9.17) is 4.74 Å². The van der Waals surface area contributed by atoms with Crippen LogP contribution in [0, 0.1) is 0 Å². The molecule has 0 aliphatic carbocycles. The van der Waals surface area contributed by atoms with E-state index < -0.39 is 23.4 Å². The lowest BCUT2D eigenvalue weighted by Crippen LogP contribution is -2.28. The Kier molecular flexibility index (Phi) is 9.55. The highest BCUT2D eigenvalue weighted by molar-refractivity contribution is 8.00. The first-order valence-electron chi connectivity index (χ1n) is 12.7. The zero-order chi connectivity index (χ0) is 29.6. The van der Waals surface area contributed by atoms with Crippen molar-refractivity contribution in [3.05, 3.63) is 119 Å². The second-order valence-electron chi connectivity index (χ2n) is 9.31. The highest BCUT2D eigenvalue weighted by Gasteiger charge is 2.31. The summed E-state index contributed by atoms with van der Waals surface area (Å²) < 4.78 is 84.0. The molecule has 0 fully saturated rings. The van der Waals surface area contributed by atoms with Crippen molar-refractivity contribution in [2.45, 2.75) is 42.6 Å². The Morgan fingerprint density at radius 1 is 0.780 bits per heavy atom. The zero-order valence-corrected chi connectivity index (χ0v) is 22.7. The van der Waals surface area contributed by atoms with Gasteiger partial charge in [0.25, 0.3) is 0 Å². The van der Waals surface area contributed by atoms with Crippen molar-refractivity contribution in [1.82, 2.24) is 0 Å². The number of rotatable bonds is 10. The highest BCUT2D eigenvalue weighted by Crippen LogP contribution is 2.37. The minimum atomic E-state index is -4.51. The maximum Gasteiger partial charge on any atom is 0.446 e. The molecule has 0 bridgehead atoms. The fourth-order valence-corrected chi connectivity index (χ4v) is 4.86. The molecule has 4 rings (SSSR count). The molecule has 0 spiro atoms. The van der Waals surface area contributed by atoms with Crippen LogP contribution in [0.2, 0.25) is 0 Å². The standard InChI is InChI=1S/C31H27F6NO2S/c1-2-21-6-3-9-26(16-21)40-27-10-5-8-25(18-27)38(19-22-7-4-11-28(17-22)41-31(35,36)37)20-29(39)23-12-14-24(15-13-23)30(32,33)34/h3-18,29,39H,2,19-20H2,1H3. The third kappa shape index (κ3) is 8.93. The Hall–Kier alpha value is -3.63. The average Bonchev–Trinajstić information content (AvgIpc) is 2.92. The molecule has 0 saturated carbocycles. The maximum atomic E-state index is 13.0. The molecule has 4 aromatic carbocycles. The van der Waals surface area contributed by atoms with E-state index in [0.717, 1.165) is 24.1 Å². The molecule has 0 heterocycles. The van der Waals surface area contributed by atoms with Crippen LogP contribution in [0.4, 0.5) is 32.0 Å². The third-order valence-electron chi connectivity index (χ3n) is 6.25. The third-order valence-corrected chi connectivity index (χ3v) is 6.97. The van der Waals surface area contributed by atoms with Gasteiger partial charge in [-0.1, -0.05) is 49.4 Å². The second-order valence-corrected chi connectivity index (χ2v) is 10.5. The van der Waals surface area contributed by atoms with Crippen molar-refractivity contribution in [2.75, 3.05) is 11.4 Å². The van der Waals surface area contributed by atoms with Gasteiger partial charge >= 0.3 is 11.7 Å². The van der Waals surface area contributed by atoms with Crippen molar-refractivity contribution in [3.8, 4) is 11.5 Å². The van der Waals surface area contributed by atoms with Gasteiger partial charge in [-0.25, -0.2) is 0 Å². The molecule has 216 valence electrons. The van der Waals surface area contributed by atoms with Crippen molar-refractivity contribution < 1.29 is 36.2 Å². The predicted octanol–water partition coefficient (Wildman–Crippen LogP) is 9.41. The number of thioether (sulfide) groups is 1. The van der Waals surface area contributed by atoms with Gasteiger partial charge in [-0.2, -0.15) is 26.3 Å². The van der Waals surface area contributed by atoms with Gasteiger partial charge in [0.2, 0.25) is 0 Å². The van der Waals surface area contributed by atoms with Gasteiger partial charge in [0.1, 0.15) is 11.5 Å². The average molecular weight is 592 g/mol. The number of halogens is 6. The molecular weight excluding hydrogens is 564 g/mol. The SMILES string of the molecule is CCc1cccc(Oc2cccc(N(Cc3cccc(SC(F)(F)F)c3)CC(O)c3ccc(C(F)(F)F)cc3)c2)c1. The van der Waals surface area contributed by atoms with Crippen molar-refractivity contribution in [1.29, 1.82) is 0 Å². The van der Waals surface area contributed by atoms with Gasteiger partial charge in [0.05, 0.1) is 11.7 Å². The van der Waals surface area contributed by atoms with Crippen LogP contribution in [0.25, 0.3) is 0 Å². The number of aryl methyl sites for hydroxylation is 1. The molecule has 1 unspecified atom stereocenters. The fourth-order valence-electron chi connectivity index (χ4n) is 4.24. The number of nitrogens with zero attached hydrogens (tertiary/aromatic N) is 1. The largest absolute Gasteiger partial charge is 0.457 e. The van der Waals surface area contributed by atoms with Crippen molar-refractivity contribution in [3.63, 3.8) is 0 Å². The molecule has 0 saturated heterocycles. The molecule has 0 radical (unpaired) electrons. The van der Waals surface area contributed by atoms with Crippen LogP contribution in [0.1, 0.15) is 35.3 Å². The molecule has 10 heteroatoms. The van der Waals surface area contributed by atoms with Crippen LogP contribution in [0.15, 0.2) is 102 Å². The molecule has 0 amide bonds. The maximum absolute atomic E-state index is 13.0. The van der Waals surface area contributed by atoms with Gasteiger partial charge in [-0.05, 0) is 83.4 Å². The summed E-state index contributed by atoms with van der Waals surface area (Å²) in [5.74, 6) is 1.14. The molecular formula is C31H27F6NO2S. The monoisotopic (exact) mass is 591 g/mol. The summed E-state index contributed by atoms with van der Waals surface area (Å²) in [7, 11) is 0. The number of hydrogen-bond donors (Lipinski definition) is 1. The Balaban J connectivity index is 1.62. The highest BCUT2D eigenvalue weighted by atomic mass is 32.2. The van der Waals surface area contributed by atoms with Gasteiger partial charge in [-0.15, -0.1) is 0 Å². The molecule has 1 N–H and O–H groups in total. The van der Waals surface area contributed by atoms with E-state index in [0.29, 0.717) is 22.7 Å². The second kappa shape index (κ2) is 12.9. The zero-order valence-electron chi connectivity index (χ0n) is 21.9. The van der Waals surface area contributed by atoms with E-state index >= 15 is 0 Å². The number of hydrogen-bond acceptors (Lipinski definition) is 4. The van der Waals surface area contributed by atoms with E-state index in [1.54, 1.807) is 35.2 Å². The number of ether oxygens (including phenoxy) is 1. The van der Waals surface area contributed by atoms with Crippen LogP contribution >= 0.6 is 11.8 Å². The van der Waals surface area contributed by atoms with Crippen LogP contribution in [-0.2, 0) is 19.1 Å². The summed E-state index contributed by atoms with van der Waals surface area (Å²) in [5.41, 5.74) is -2.75. The first-order chi connectivity index (χ1) is 19.4. The minimum absolute atomic E-state index is 0.0196. The van der Waals surface area contributed by atoms with Gasteiger partial charge < -0.3 is 14.7 Å². The molecule has 1 atom stereocenters. The summed E-state index contributed by atoms with van der Waals surface area (Å²) in [4.78, 5) is 1.76. The van der Waals surface area contributed by atoms with Crippen LogP contribution in [0.3, 0.4) is 0 Å². The lowest BCUT2D eigenvalue weighted by molar-refractivity contribution is -0.137. The van der Waals surface area contributed by atoms with Crippen LogP contribution in [0.5, 0.6) is 11.5 Å². The van der Waals surface area contributed by atoms with Crippen LogP contribution < -0.4 is 9.64 Å². The molecule has 3 nitrogen and oxygen atoms in total. The molecule has 0 aliphatic rings. The number of benzene rings is 4. The quantitative estimate of drug-likeness (QED) is 0.147. The Morgan fingerprint density at radius 3 is 2.07 bits per heavy atom. The predicted molar refractivity (Wildman–Crippen MR) is 148 cm³/mol. The van der Waals surface area contributed by atoms with Gasteiger partial charge in [-0.3, -0.25) is 0 Å². The first kappa shape index (κ1) is 30.3. The molecule has 41 heavy (non-hydrogen) atoms. The fraction of sp³-hybridized carbons (Fsp3) is 0.226. The van der Waals surface area contributed by atoms with E-state index in [-0.39, 0.29) is 35.3 Å². The normalized spacial score (nSPS) is 12.7. The lowest BCUT2D eigenvalue weighted by Gasteiger charge is -2.28. The van der Waals surface area contributed by atoms with E-state index in [2.05, 4.69) is 0 Å². The summed E-state index contributed by atoms with van der Waals surface area (Å²) in [5, 5.41) is 11.0. The summed E-state index contributed by atoms with van der Waals surface area (Å²) in [6.07, 6.45) is -4.86. The first-order valence-corrected chi connectivity index (χ1v) is 13.5. The molecule has 0 aliphatic heterocycles. The Labute approximate surface area is 238 Å². The molecule has 0 aromatic heterocycles. The Bertz CT molecular complexity index is 1440. The van der Waals surface area contributed by atoms with Crippen LogP contribution in [-0.4, -0.2) is 17.2 Å². The minimum Gasteiger partial charge on any atom is -0.457 e. The number of alkyl halides is 6. The van der Waals surface area contributed by atoms with Gasteiger partial charge in [0, 0.05) is 29.7 Å². The topological polar surface area (TPSA) is 32.7 Å². The Morgan fingerprint density at radius 2 is 1.41 bits per heavy atom. The molecule has 4 aromatic rings. The van der Waals surface area contributed by atoms with E-state index in [9.17, 15) is 31.4 Å². The number of anilines is 1. The van der Waals surface area contributed by atoms with E-state index in [1.807, 2.05) is 31.2 Å². The van der Waals surface area contributed by atoms with Crippen molar-refractivity contribution >= 4 is 17.4 Å². The van der Waals surface area contributed by atoms with Crippen molar-refractivity contribution in [2.24, 2.45) is 0 Å². The summed E-state index contributed by atoms with van der Waals surface area (Å²) >= 11 is -0.221. The number of aliphatic hydroxyl groups is 1.